The Labute approximate surface area is 188 Å². The first kappa shape index (κ1) is 21.5. The maximum atomic E-state index is 12.1. The Balaban J connectivity index is 1.60. The van der Waals surface area contributed by atoms with E-state index >= 15 is 0 Å². The Morgan fingerprint density at radius 2 is 1.69 bits per heavy atom. The molecule has 0 aliphatic rings. The summed E-state index contributed by atoms with van der Waals surface area (Å²) >= 11 is 24.1. The van der Waals surface area contributed by atoms with Gasteiger partial charge in [0, 0.05) is 16.1 Å². The Hall–Kier alpha value is -2.24. The molecule has 1 N–H and O–H groups in total. The lowest BCUT2D eigenvalue weighted by molar-refractivity contribution is 0.0955. The molecule has 29 heavy (non-hydrogen) atoms. The maximum Gasteiger partial charge on any atom is 0.271 e. The number of hydrogen-bond acceptors (Lipinski definition) is 3. The van der Waals surface area contributed by atoms with Crippen molar-refractivity contribution < 1.29 is 9.53 Å². The van der Waals surface area contributed by atoms with E-state index in [-0.39, 0.29) is 0 Å². The molecule has 4 nitrogen and oxygen atoms in total. The summed E-state index contributed by atoms with van der Waals surface area (Å²) in [4.78, 5) is 12.1. The van der Waals surface area contributed by atoms with Gasteiger partial charge in [0.05, 0.1) is 21.3 Å². The van der Waals surface area contributed by atoms with Crippen molar-refractivity contribution in [2.45, 2.75) is 6.61 Å². The lowest BCUT2D eigenvalue weighted by Crippen LogP contribution is -2.17. The fourth-order valence-corrected chi connectivity index (χ4v) is 3.08. The SMILES string of the molecule is O=C(N/N=C\c1ccc(OCc2ccccc2Cl)c(Cl)c1)c1ccc(Cl)c(Cl)c1. The van der Waals surface area contributed by atoms with Crippen LogP contribution in [0, 0.1) is 0 Å². The summed E-state index contributed by atoms with van der Waals surface area (Å²) in [6, 6.07) is 17.2. The Morgan fingerprint density at radius 3 is 2.41 bits per heavy atom. The molecule has 0 aliphatic carbocycles. The molecule has 0 aliphatic heterocycles. The molecule has 0 spiro atoms. The molecule has 148 valence electrons. The topological polar surface area (TPSA) is 50.7 Å². The van der Waals surface area contributed by atoms with Crippen molar-refractivity contribution in [2.24, 2.45) is 5.10 Å². The number of nitrogens with one attached hydrogen (secondary N) is 1. The van der Waals surface area contributed by atoms with E-state index < -0.39 is 5.91 Å². The van der Waals surface area contributed by atoms with Gasteiger partial charge in [-0.2, -0.15) is 5.10 Å². The average molecular weight is 468 g/mol. The summed E-state index contributed by atoms with van der Waals surface area (Å²) in [6.45, 7) is 0.298. The summed E-state index contributed by atoms with van der Waals surface area (Å²) in [5, 5.41) is 5.64. The monoisotopic (exact) mass is 466 g/mol. The minimum absolute atomic E-state index is 0.294. The maximum absolute atomic E-state index is 12.1. The zero-order valence-corrected chi connectivity index (χ0v) is 17.9. The number of carbonyl (C=O) groups excluding carboxylic acids is 1. The number of ether oxygens (including phenoxy) is 1. The molecule has 3 aromatic rings. The van der Waals surface area contributed by atoms with Crippen molar-refractivity contribution in [3.63, 3.8) is 0 Å². The summed E-state index contributed by atoms with van der Waals surface area (Å²) in [6.07, 6.45) is 1.47. The highest BCUT2D eigenvalue weighted by molar-refractivity contribution is 6.42. The number of hydrazone groups is 1. The van der Waals surface area contributed by atoms with Crippen molar-refractivity contribution in [1.82, 2.24) is 5.43 Å². The second-order valence-corrected chi connectivity index (χ2v) is 7.53. The van der Waals surface area contributed by atoms with E-state index in [1.54, 1.807) is 36.4 Å². The molecule has 0 aromatic heterocycles. The predicted octanol–water partition coefficient (Wildman–Crippen LogP) is 6.64. The van der Waals surface area contributed by atoms with Crippen LogP contribution in [-0.4, -0.2) is 12.1 Å². The van der Waals surface area contributed by atoms with Crippen LogP contribution < -0.4 is 10.2 Å². The van der Waals surface area contributed by atoms with Gasteiger partial charge in [-0.3, -0.25) is 4.79 Å². The third kappa shape index (κ3) is 5.87. The summed E-state index contributed by atoms with van der Waals surface area (Å²) in [7, 11) is 0. The lowest BCUT2D eigenvalue weighted by atomic mass is 10.2. The van der Waals surface area contributed by atoms with Gasteiger partial charge in [0.25, 0.3) is 5.91 Å². The number of amides is 1. The second-order valence-electron chi connectivity index (χ2n) is 5.90. The van der Waals surface area contributed by atoms with Crippen LogP contribution in [-0.2, 0) is 6.61 Å². The number of hydrogen-bond donors (Lipinski definition) is 1. The largest absolute Gasteiger partial charge is 0.487 e. The molecule has 0 unspecified atom stereocenters. The van der Waals surface area contributed by atoms with Gasteiger partial charge in [-0.15, -0.1) is 0 Å². The molecule has 3 aromatic carbocycles. The molecule has 1 amide bonds. The van der Waals surface area contributed by atoms with Gasteiger partial charge in [0.15, 0.2) is 0 Å². The zero-order chi connectivity index (χ0) is 20.8. The number of carbonyl (C=O) groups is 1. The fraction of sp³-hybridized carbons (Fsp3) is 0.0476. The highest BCUT2D eigenvalue weighted by Gasteiger charge is 2.08. The van der Waals surface area contributed by atoms with Crippen LogP contribution in [0.3, 0.4) is 0 Å². The lowest BCUT2D eigenvalue weighted by Gasteiger charge is -2.09. The Morgan fingerprint density at radius 1 is 0.897 bits per heavy atom. The molecule has 0 bridgehead atoms. The summed E-state index contributed by atoms with van der Waals surface area (Å²) in [5.41, 5.74) is 4.32. The molecule has 0 fully saturated rings. The van der Waals surface area contributed by atoms with Crippen LogP contribution in [0.1, 0.15) is 21.5 Å². The molecule has 0 atom stereocenters. The van der Waals surface area contributed by atoms with E-state index in [1.165, 1.54) is 12.3 Å². The van der Waals surface area contributed by atoms with Gasteiger partial charge in [-0.25, -0.2) is 5.43 Å². The number of nitrogens with zero attached hydrogens (tertiary/aromatic N) is 1. The number of rotatable bonds is 6. The average Bonchev–Trinajstić information content (AvgIpc) is 2.70. The van der Waals surface area contributed by atoms with Gasteiger partial charge in [0.1, 0.15) is 12.4 Å². The third-order valence-electron chi connectivity index (χ3n) is 3.86. The highest BCUT2D eigenvalue weighted by Crippen LogP contribution is 2.27. The van der Waals surface area contributed by atoms with E-state index in [0.29, 0.717) is 43.6 Å². The molecule has 0 saturated heterocycles. The van der Waals surface area contributed by atoms with Crippen LogP contribution in [0.4, 0.5) is 0 Å². The molecule has 0 radical (unpaired) electrons. The third-order valence-corrected chi connectivity index (χ3v) is 5.26. The van der Waals surface area contributed by atoms with Gasteiger partial charge in [-0.05, 0) is 48.0 Å². The van der Waals surface area contributed by atoms with Crippen molar-refractivity contribution in [3.8, 4) is 5.75 Å². The van der Waals surface area contributed by atoms with Crippen LogP contribution in [0.2, 0.25) is 20.1 Å². The molecule has 3 rings (SSSR count). The van der Waals surface area contributed by atoms with Gasteiger partial charge < -0.3 is 4.74 Å². The minimum atomic E-state index is -0.411. The van der Waals surface area contributed by atoms with Crippen molar-refractivity contribution in [1.29, 1.82) is 0 Å². The molecule has 0 heterocycles. The van der Waals surface area contributed by atoms with Crippen molar-refractivity contribution in [2.75, 3.05) is 0 Å². The van der Waals surface area contributed by atoms with Crippen molar-refractivity contribution >= 4 is 58.5 Å². The Kier molecular flexibility index (Phi) is 7.40. The second kappa shape index (κ2) is 9.99. The summed E-state index contributed by atoms with van der Waals surface area (Å²) < 4.78 is 5.73. The van der Waals surface area contributed by atoms with E-state index in [1.807, 2.05) is 18.2 Å². The van der Waals surface area contributed by atoms with Crippen LogP contribution in [0.25, 0.3) is 0 Å². The Bertz CT molecular complexity index is 1070. The van der Waals surface area contributed by atoms with E-state index in [2.05, 4.69) is 10.5 Å². The first-order valence-electron chi connectivity index (χ1n) is 8.38. The first-order chi connectivity index (χ1) is 13.9. The predicted molar refractivity (Wildman–Crippen MR) is 119 cm³/mol. The van der Waals surface area contributed by atoms with Crippen LogP contribution >= 0.6 is 46.4 Å². The van der Waals surface area contributed by atoms with E-state index in [0.717, 1.165) is 5.56 Å². The van der Waals surface area contributed by atoms with Gasteiger partial charge in [0.2, 0.25) is 0 Å². The number of halogens is 4. The van der Waals surface area contributed by atoms with Gasteiger partial charge >= 0.3 is 0 Å². The molecule has 8 heteroatoms. The van der Waals surface area contributed by atoms with Crippen LogP contribution in [0.5, 0.6) is 5.75 Å². The normalized spacial score (nSPS) is 10.9. The zero-order valence-electron chi connectivity index (χ0n) is 14.8. The molecular formula is C21H14Cl4N2O2. The number of benzene rings is 3. The smallest absolute Gasteiger partial charge is 0.271 e. The van der Waals surface area contributed by atoms with E-state index in [4.69, 9.17) is 51.1 Å². The van der Waals surface area contributed by atoms with Gasteiger partial charge in [-0.1, -0.05) is 64.6 Å². The van der Waals surface area contributed by atoms with Crippen molar-refractivity contribution in [3.05, 3.63) is 97.4 Å². The van der Waals surface area contributed by atoms with Crippen LogP contribution in [0.15, 0.2) is 65.8 Å². The first-order valence-corrected chi connectivity index (χ1v) is 9.89. The quantitative estimate of drug-likeness (QED) is 0.326. The standard InChI is InChI=1S/C21H14Cl4N2O2/c22-16-4-2-1-3-15(16)12-29-20-8-5-13(9-19(20)25)11-26-27-21(28)14-6-7-17(23)18(24)10-14/h1-11H,12H2,(H,27,28)/b26-11-. The van der Waals surface area contributed by atoms with E-state index in [9.17, 15) is 4.79 Å². The fourth-order valence-electron chi connectivity index (χ4n) is 2.35. The molecule has 0 saturated carbocycles. The molecular weight excluding hydrogens is 454 g/mol. The minimum Gasteiger partial charge on any atom is -0.487 e. The summed E-state index contributed by atoms with van der Waals surface area (Å²) in [5.74, 6) is 0.106. The highest BCUT2D eigenvalue weighted by atomic mass is 35.5.